The van der Waals surface area contributed by atoms with E-state index in [0.717, 1.165) is 22.6 Å². The van der Waals surface area contributed by atoms with Gasteiger partial charge in [-0.25, -0.2) is 14.1 Å². The maximum absolute atomic E-state index is 13.2. The lowest BCUT2D eigenvalue weighted by atomic mass is 10.1. The monoisotopic (exact) mass is 476 g/mol. The molecule has 1 aliphatic rings. The molecule has 0 atom stereocenters. The summed E-state index contributed by atoms with van der Waals surface area (Å²) in [6.07, 6.45) is 0. The van der Waals surface area contributed by atoms with Gasteiger partial charge in [0, 0.05) is 13.6 Å². The molecule has 0 unspecified atom stereocenters. The molecule has 4 rings (SSSR count). The number of hydrogen-bond donors (Lipinski definition) is 0. The van der Waals surface area contributed by atoms with Gasteiger partial charge in [0.1, 0.15) is 11.6 Å². The Balaban J connectivity index is 1.40. The van der Waals surface area contributed by atoms with Gasteiger partial charge in [-0.3, -0.25) is 14.4 Å². The van der Waals surface area contributed by atoms with Gasteiger partial charge in [-0.1, -0.05) is 12.1 Å². The molecule has 0 fully saturated rings. The lowest BCUT2D eigenvalue weighted by molar-refractivity contribution is -0.133. The van der Waals surface area contributed by atoms with Gasteiger partial charge in [-0.05, 0) is 60.2 Å². The average molecular weight is 476 g/mol. The zero-order chi connectivity index (χ0) is 25.1. The molecule has 0 spiro atoms. The number of carbonyl (C=O) groups excluding carboxylic acids is 4. The molecule has 9 heteroatoms. The molecule has 0 saturated carbocycles. The Kier molecular flexibility index (Phi) is 6.59. The van der Waals surface area contributed by atoms with E-state index in [9.17, 15) is 23.6 Å². The second kappa shape index (κ2) is 9.76. The molecule has 178 valence electrons. The fraction of sp³-hybridized carbons (Fsp3) is 0.154. The Morgan fingerprint density at radius 2 is 1.66 bits per heavy atom. The molecular weight excluding hydrogens is 455 g/mol. The number of esters is 1. The van der Waals surface area contributed by atoms with Gasteiger partial charge >= 0.3 is 5.97 Å². The van der Waals surface area contributed by atoms with Crippen molar-refractivity contribution in [3.05, 3.63) is 94.8 Å². The lowest BCUT2D eigenvalue weighted by Crippen LogP contribution is -2.30. The highest BCUT2D eigenvalue weighted by Gasteiger charge is 2.37. The Morgan fingerprint density at radius 3 is 2.37 bits per heavy atom. The number of likely N-dealkylation sites (N-methyl/N-ethyl adjacent to an activating group) is 1. The van der Waals surface area contributed by atoms with Crippen molar-refractivity contribution in [1.29, 1.82) is 0 Å². The zero-order valence-electron chi connectivity index (χ0n) is 19.0. The topological polar surface area (TPSA) is 93.2 Å². The molecule has 8 nitrogen and oxygen atoms in total. The van der Waals surface area contributed by atoms with Crippen molar-refractivity contribution in [2.75, 3.05) is 25.7 Å². The van der Waals surface area contributed by atoms with Gasteiger partial charge in [-0.2, -0.15) is 0 Å². The summed E-state index contributed by atoms with van der Waals surface area (Å²) in [5.41, 5.74) is 1.22. The number of hydrogen-bond acceptors (Lipinski definition) is 6. The Morgan fingerprint density at radius 1 is 0.943 bits per heavy atom. The fourth-order valence-electron chi connectivity index (χ4n) is 3.65. The van der Waals surface area contributed by atoms with Gasteiger partial charge in [0.25, 0.3) is 17.7 Å². The summed E-state index contributed by atoms with van der Waals surface area (Å²) >= 11 is 0. The van der Waals surface area contributed by atoms with Crippen molar-refractivity contribution >= 4 is 29.4 Å². The first-order chi connectivity index (χ1) is 16.8. The predicted molar refractivity (Wildman–Crippen MR) is 124 cm³/mol. The van der Waals surface area contributed by atoms with E-state index in [1.54, 1.807) is 26.3 Å². The third kappa shape index (κ3) is 4.89. The van der Waals surface area contributed by atoms with Crippen LogP contribution in [0.3, 0.4) is 0 Å². The number of amides is 3. The second-order valence-corrected chi connectivity index (χ2v) is 7.86. The Bertz CT molecular complexity index is 1320. The number of fused-ring (bicyclic) bond motifs is 1. The van der Waals surface area contributed by atoms with E-state index in [-0.39, 0.29) is 22.4 Å². The minimum atomic E-state index is -0.809. The van der Waals surface area contributed by atoms with E-state index in [1.165, 1.54) is 35.2 Å². The summed E-state index contributed by atoms with van der Waals surface area (Å²) in [6.45, 7) is -0.201. The maximum atomic E-state index is 13.2. The first-order valence-corrected chi connectivity index (χ1v) is 10.6. The van der Waals surface area contributed by atoms with Gasteiger partial charge in [0.2, 0.25) is 0 Å². The lowest BCUT2D eigenvalue weighted by Gasteiger charge is -2.17. The van der Waals surface area contributed by atoms with Crippen LogP contribution < -0.4 is 9.64 Å². The highest BCUT2D eigenvalue weighted by Crippen LogP contribution is 2.29. The van der Waals surface area contributed by atoms with Crippen molar-refractivity contribution < 1.29 is 33.0 Å². The highest BCUT2D eigenvalue weighted by molar-refractivity contribution is 6.34. The average Bonchev–Trinajstić information content (AvgIpc) is 3.12. The van der Waals surface area contributed by atoms with Gasteiger partial charge < -0.3 is 14.4 Å². The molecule has 0 N–H and O–H groups in total. The second-order valence-electron chi connectivity index (χ2n) is 7.86. The first kappa shape index (κ1) is 23.6. The summed E-state index contributed by atoms with van der Waals surface area (Å²) in [4.78, 5) is 52.8. The van der Waals surface area contributed by atoms with Crippen LogP contribution in [0.4, 0.5) is 10.1 Å². The smallest absolute Gasteiger partial charge is 0.338 e. The summed E-state index contributed by atoms with van der Waals surface area (Å²) in [5, 5.41) is 0. The molecular formula is C26H21FN2O6. The zero-order valence-corrected chi connectivity index (χ0v) is 19.0. The minimum absolute atomic E-state index is 0.0223. The van der Waals surface area contributed by atoms with Crippen molar-refractivity contribution in [2.24, 2.45) is 0 Å². The first-order valence-electron chi connectivity index (χ1n) is 10.6. The number of rotatable bonds is 7. The number of carbonyl (C=O) groups is 4. The number of anilines is 1. The van der Waals surface area contributed by atoms with E-state index in [4.69, 9.17) is 9.47 Å². The highest BCUT2D eigenvalue weighted by atomic mass is 19.1. The van der Waals surface area contributed by atoms with E-state index in [0.29, 0.717) is 12.3 Å². The Hall–Kier alpha value is -4.53. The van der Waals surface area contributed by atoms with Crippen LogP contribution in [-0.2, 0) is 16.1 Å². The molecule has 3 aromatic carbocycles. The number of benzene rings is 3. The number of halogens is 1. The molecule has 0 saturated heterocycles. The van der Waals surface area contributed by atoms with E-state index in [1.807, 2.05) is 12.1 Å². The quantitative estimate of drug-likeness (QED) is 0.383. The van der Waals surface area contributed by atoms with Gasteiger partial charge in [0.05, 0.1) is 29.5 Å². The van der Waals surface area contributed by atoms with Crippen LogP contribution in [0, 0.1) is 5.82 Å². The minimum Gasteiger partial charge on any atom is -0.497 e. The van der Waals surface area contributed by atoms with Crippen molar-refractivity contribution in [3.8, 4) is 5.75 Å². The normalized spacial score (nSPS) is 12.4. The van der Waals surface area contributed by atoms with E-state index >= 15 is 0 Å². The molecule has 1 heterocycles. The summed E-state index contributed by atoms with van der Waals surface area (Å²) in [6, 6.07) is 16.1. The number of methoxy groups -OCH3 is 1. The molecule has 0 bridgehead atoms. The Labute approximate surface area is 200 Å². The SMILES string of the molecule is COc1cccc(CN(C)C(=O)COC(=O)c2ccc3c(c2)C(=O)N(c2ccc(F)cc2)C3=O)c1. The molecule has 0 aliphatic carbocycles. The molecule has 0 radical (unpaired) electrons. The largest absolute Gasteiger partial charge is 0.497 e. The molecule has 1 aliphatic heterocycles. The van der Waals surface area contributed by atoms with Crippen molar-refractivity contribution in [3.63, 3.8) is 0 Å². The van der Waals surface area contributed by atoms with Crippen LogP contribution in [0.2, 0.25) is 0 Å². The van der Waals surface area contributed by atoms with E-state index < -0.39 is 36.1 Å². The standard InChI is InChI=1S/C26H21FN2O6/c1-28(14-16-4-3-5-20(12-16)34-2)23(30)15-35-26(33)17-6-11-21-22(13-17)25(32)29(24(21)31)19-9-7-18(27)8-10-19/h3-13H,14-15H2,1-2H3. The third-order valence-electron chi connectivity index (χ3n) is 5.51. The van der Waals surface area contributed by atoms with Crippen molar-refractivity contribution in [2.45, 2.75) is 6.54 Å². The number of nitrogens with zero attached hydrogens (tertiary/aromatic N) is 2. The van der Waals surface area contributed by atoms with E-state index in [2.05, 4.69) is 0 Å². The molecule has 3 amide bonds. The molecule has 0 aromatic heterocycles. The molecule has 35 heavy (non-hydrogen) atoms. The summed E-state index contributed by atoms with van der Waals surface area (Å²) in [5.74, 6) is -2.28. The van der Waals surface area contributed by atoms with Crippen molar-refractivity contribution in [1.82, 2.24) is 4.90 Å². The number of imide groups is 1. The van der Waals surface area contributed by atoms with Crippen LogP contribution in [0.5, 0.6) is 5.75 Å². The molecule has 3 aromatic rings. The van der Waals surface area contributed by atoms with Gasteiger partial charge in [0.15, 0.2) is 6.61 Å². The van der Waals surface area contributed by atoms with Crippen LogP contribution in [0.1, 0.15) is 36.6 Å². The third-order valence-corrected chi connectivity index (χ3v) is 5.51. The fourth-order valence-corrected chi connectivity index (χ4v) is 3.65. The summed E-state index contributed by atoms with van der Waals surface area (Å²) in [7, 11) is 3.13. The van der Waals surface area contributed by atoms with Gasteiger partial charge in [-0.15, -0.1) is 0 Å². The predicted octanol–water partition coefficient (Wildman–Crippen LogP) is 3.45. The van der Waals surface area contributed by atoms with Crippen LogP contribution in [0.25, 0.3) is 0 Å². The summed E-state index contributed by atoms with van der Waals surface area (Å²) < 4.78 is 23.5. The van der Waals surface area contributed by atoms with Crippen LogP contribution >= 0.6 is 0 Å². The van der Waals surface area contributed by atoms with Crippen LogP contribution in [0.15, 0.2) is 66.7 Å². The van der Waals surface area contributed by atoms with Crippen LogP contribution in [-0.4, -0.2) is 49.4 Å². The maximum Gasteiger partial charge on any atom is 0.338 e. The number of ether oxygens (including phenoxy) is 2.